The number of alkyl halides is 1. The van der Waals surface area contributed by atoms with E-state index in [2.05, 4.69) is 5.32 Å². The van der Waals surface area contributed by atoms with Crippen LogP contribution in [-0.2, 0) is 0 Å². The van der Waals surface area contributed by atoms with E-state index in [1.165, 1.54) is 24.3 Å². The molecule has 1 aromatic rings. The Morgan fingerprint density at radius 2 is 1.85 bits per heavy atom. The van der Waals surface area contributed by atoms with Gasteiger partial charge in [0.1, 0.15) is 12.0 Å². The Labute approximate surface area is 75.8 Å². The highest BCUT2D eigenvalue weighted by Gasteiger charge is 2.27. The third-order valence-electron chi connectivity index (χ3n) is 2.42. The van der Waals surface area contributed by atoms with Gasteiger partial charge in [0.15, 0.2) is 0 Å². The molecule has 1 fully saturated rings. The molecule has 0 aromatic heterocycles. The van der Waals surface area contributed by atoms with Gasteiger partial charge in [-0.3, -0.25) is 0 Å². The van der Waals surface area contributed by atoms with Crippen LogP contribution in [0.3, 0.4) is 0 Å². The molecule has 3 heteroatoms. The van der Waals surface area contributed by atoms with E-state index in [0.717, 1.165) is 13.1 Å². The van der Waals surface area contributed by atoms with E-state index in [9.17, 15) is 8.78 Å². The number of hydrogen-bond donors (Lipinski definition) is 1. The average molecular weight is 183 g/mol. The molecule has 0 saturated carbocycles. The molecule has 1 aromatic carbocycles. The van der Waals surface area contributed by atoms with Crippen molar-refractivity contribution in [2.75, 3.05) is 13.1 Å². The highest BCUT2D eigenvalue weighted by Crippen LogP contribution is 2.28. The van der Waals surface area contributed by atoms with Crippen LogP contribution in [0.5, 0.6) is 0 Å². The molecule has 1 N–H and O–H groups in total. The average Bonchev–Trinajstić information content (AvgIpc) is 2.02. The van der Waals surface area contributed by atoms with Crippen molar-refractivity contribution in [2.24, 2.45) is 5.92 Å². The summed E-state index contributed by atoms with van der Waals surface area (Å²) in [5.41, 5.74) is 0.577. The first-order valence-electron chi connectivity index (χ1n) is 4.37. The molecule has 1 unspecified atom stereocenters. The summed E-state index contributed by atoms with van der Waals surface area (Å²) in [6.45, 7) is 1.44. The summed E-state index contributed by atoms with van der Waals surface area (Å²) in [6, 6.07) is 5.62. The molecule has 0 aliphatic carbocycles. The molecular formula is C10H11F2N. The van der Waals surface area contributed by atoms with Crippen LogP contribution in [0.15, 0.2) is 24.3 Å². The highest BCUT2D eigenvalue weighted by molar-refractivity contribution is 5.20. The van der Waals surface area contributed by atoms with Gasteiger partial charge in [0.05, 0.1) is 0 Å². The summed E-state index contributed by atoms with van der Waals surface area (Å²) >= 11 is 0. The SMILES string of the molecule is Fc1ccc(C(F)C2CNC2)cc1. The van der Waals surface area contributed by atoms with Gasteiger partial charge in [0.25, 0.3) is 0 Å². The Balaban J connectivity index is 2.10. The number of hydrogen-bond acceptors (Lipinski definition) is 1. The van der Waals surface area contributed by atoms with E-state index >= 15 is 0 Å². The summed E-state index contributed by atoms with van der Waals surface area (Å²) in [7, 11) is 0. The Morgan fingerprint density at radius 1 is 1.23 bits per heavy atom. The van der Waals surface area contributed by atoms with Gasteiger partial charge < -0.3 is 5.32 Å². The number of halogens is 2. The molecule has 2 rings (SSSR count). The second kappa shape index (κ2) is 3.42. The molecule has 1 atom stereocenters. The lowest BCUT2D eigenvalue weighted by Crippen LogP contribution is -2.44. The molecule has 1 aliphatic heterocycles. The van der Waals surface area contributed by atoms with E-state index in [4.69, 9.17) is 0 Å². The standard InChI is InChI=1S/C10H11F2N/c11-9-3-1-7(2-4-9)10(12)8-5-13-6-8/h1-4,8,10,13H,5-6H2. The van der Waals surface area contributed by atoms with Crippen molar-refractivity contribution in [3.05, 3.63) is 35.6 Å². The van der Waals surface area contributed by atoms with Gasteiger partial charge in [-0.2, -0.15) is 0 Å². The predicted octanol–water partition coefficient (Wildman–Crippen LogP) is 2.06. The minimum absolute atomic E-state index is 0.0606. The quantitative estimate of drug-likeness (QED) is 0.740. The molecule has 13 heavy (non-hydrogen) atoms. The zero-order chi connectivity index (χ0) is 9.26. The maximum Gasteiger partial charge on any atom is 0.130 e. The first-order chi connectivity index (χ1) is 6.27. The third-order valence-corrected chi connectivity index (χ3v) is 2.42. The van der Waals surface area contributed by atoms with Crippen LogP contribution in [0.1, 0.15) is 11.7 Å². The topological polar surface area (TPSA) is 12.0 Å². The van der Waals surface area contributed by atoms with Gasteiger partial charge in [-0.25, -0.2) is 8.78 Å². The molecule has 1 nitrogen and oxygen atoms in total. The minimum Gasteiger partial charge on any atom is -0.316 e. The Morgan fingerprint density at radius 3 is 2.31 bits per heavy atom. The highest BCUT2D eigenvalue weighted by atomic mass is 19.1. The van der Waals surface area contributed by atoms with E-state index in [-0.39, 0.29) is 11.7 Å². The van der Waals surface area contributed by atoms with Crippen molar-refractivity contribution < 1.29 is 8.78 Å². The summed E-state index contributed by atoms with van der Waals surface area (Å²) in [5.74, 6) is -0.256. The van der Waals surface area contributed by atoms with E-state index in [1.54, 1.807) is 0 Å². The van der Waals surface area contributed by atoms with Gasteiger partial charge >= 0.3 is 0 Å². The summed E-state index contributed by atoms with van der Waals surface area (Å²) in [4.78, 5) is 0. The first-order valence-corrected chi connectivity index (χ1v) is 4.37. The van der Waals surface area contributed by atoms with E-state index in [0.29, 0.717) is 5.56 Å². The van der Waals surface area contributed by atoms with Crippen molar-refractivity contribution in [1.29, 1.82) is 0 Å². The van der Waals surface area contributed by atoms with E-state index in [1.807, 2.05) is 0 Å². The van der Waals surface area contributed by atoms with Crippen molar-refractivity contribution in [3.8, 4) is 0 Å². The zero-order valence-corrected chi connectivity index (χ0v) is 7.13. The summed E-state index contributed by atoms with van der Waals surface area (Å²) in [5, 5.41) is 3.01. The largest absolute Gasteiger partial charge is 0.316 e. The fourth-order valence-corrected chi connectivity index (χ4v) is 1.44. The van der Waals surface area contributed by atoms with Gasteiger partial charge in [0.2, 0.25) is 0 Å². The third kappa shape index (κ3) is 1.70. The smallest absolute Gasteiger partial charge is 0.130 e. The molecule has 70 valence electrons. The maximum absolute atomic E-state index is 13.5. The van der Waals surface area contributed by atoms with Crippen molar-refractivity contribution in [3.63, 3.8) is 0 Å². The van der Waals surface area contributed by atoms with Crippen LogP contribution in [0, 0.1) is 11.7 Å². The summed E-state index contributed by atoms with van der Waals surface area (Å²) < 4.78 is 26.1. The van der Waals surface area contributed by atoms with Gasteiger partial charge in [-0.15, -0.1) is 0 Å². The molecule has 1 heterocycles. The van der Waals surface area contributed by atoms with Crippen LogP contribution >= 0.6 is 0 Å². The van der Waals surface area contributed by atoms with Crippen LogP contribution < -0.4 is 5.32 Å². The lowest BCUT2D eigenvalue weighted by molar-refractivity contribution is 0.171. The fraction of sp³-hybridized carbons (Fsp3) is 0.400. The van der Waals surface area contributed by atoms with Crippen molar-refractivity contribution >= 4 is 0 Å². The zero-order valence-electron chi connectivity index (χ0n) is 7.13. The second-order valence-electron chi connectivity index (χ2n) is 3.37. The fourth-order valence-electron chi connectivity index (χ4n) is 1.44. The lowest BCUT2D eigenvalue weighted by Gasteiger charge is -2.30. The molecular weight excluding hydrogens is 172 g/mol. The number of nitrogens with one attached hydrogen (secondary N) is 1. The second-order valence-corrected chi connectivity index (χ2v) is 3.37. The molecule has 1 saturated heterocycles. The minimum atomic E-state index is -0.957. The number of rotatable bonds is 2. The van der Waals surface area contributed by atoms with Crippen LogP contribution in [0.2, 0.25) is 0 Å². The Kier molecular flexibility index (Phi) is 2.27. The Bertz CT molecular complexity index is 279. The van der Waals surface area contributed by atoms with E-state index < -0.39 is 6.17 Å². The Hall–Kier alpha value is -0.960. The van der Waals surface area contributed by atoms with Crippen molar-refractivity contribution in [2.45, 2.75) is 6.17 Å². The van der Waals surface area contributed by atoms with Gasteiger partial charge in [-0.1, -0.05) is 12.1 Å². The predicted molar refractivity (Wildman–Crippen MR) is 46.6 cm³/mol. The van der Waals surface area contributed by atoms with Crippen LogP contribution in [0.25, 0.3) is 0 Å². The maximum atomic E-state index is 13.5. The molecule has 0 amide bonds. The molecule has 0 spiro atoms. The monoisotopic (exact) mass is 183 g/mol. The molecule has 0 radical (unpaired) electrons. The van der Waals surface area contributed by atoms with Gasteiger partial charge in [-0.05, 0) is 17.7 Å². The van der Waals surface area contributed by atoms with Crippen LogP contribution in [-0.4, -0.2) is 13.1 Å². The van der Waals surface area contributed by atoms with Crippen LogP contribution in [0.4, 0.5) is 8.78 Å². The summed E-state index contributed by atoms with van der Waals surface area (Å²) in [6.07, 6.45) is -0.957. The lowest BCUT2D eigenvalue weighted by atomic mass is 9.92. The van der Waals surface area contributed by atoms with Gasteiger partial charge in [0, 0.05) is 19.0 Å². The normalized spacial score (nSPS) is 19.5. The molecule has 1 aliphatic rings. The number of benzene rings is 1. The molecule has 0 bridgehead atoms. The van der Waals surface area contributed by atoms with Crippen molar-refractivity contribution in [1.82, 2.24) is 5.32 Å². The first kappa shape index (κ1) is 8.63.